The van der Waals surface area contributed by atoms with Crippen molar-refractivity contribution in [2.24, 2.45) is 5.73 Å². The van der Waals surface area contributed by atoms with Gasteiger partial charge in [-0.15, -0.1) is 0 Å². The fourth-order valence-electron chi connectivity index (χ4n) is 1.93. The molecule has 2 rings (SSSR count). The average Bonchev–Trinajstić information content (AvgIpc) is 2.41. The highest BCUT2D eigenvalue weighted by Gasteiger charge is 2.12. The Morgan fingerprint density at radius 3 is 2.26 bits per heavy atom. The Balaban J connectivity index is 2.37. The van der Waals surface area contributed by atoms with Gasteiger partial charge in [0.2, 0.25) is 0 Å². The first-order valence-electron chi connectivity index (χ1n) is 5.88. The highest BCUT2D eigenvalue weighted by molar-refractivity contribution is 6.42. The Morgan fingerprint density at radius 1 is 1.00 bits per heavy atom. The molecule has 2 nitrogen and oxygen atoms in total. The summed E-state index contributed by atoms with van der Waals surface area (Å²) in [4.78, 5) is 0. The summed E-state index contributed by atoms with van der Waals surface area (Å²) < 4.78 is 5.31. The molecule has 19 heavy (non-hydrogen) atoms. The third-order valence-corrected chi connectivity index (χ3v) is 3.83. The number of halogens is 2. The molecule has 1 unspecified atom stereocenters. The number of benzene rings is 2. The SMILES string of the molecule is COc1cc(C(N)c2ccc(Cl)c(Cl)c2)ccc1C. The Bertz CT molecular complexity index is 599. The van der Waals surface area contributed by atoms with E-state index >= 15 is 0 Å². The summed E-state index contributed by atoms with van der Waals surface area (Å²) in [5.41, 5.74) is 9.22. The molecule has 0 amide bonds. The van der Waals surface area contributed by atoms with Crippen LogP contribution >= 0.6 is 23.2 Å². The third-order valence-electron chi connectivity index (χ3n) is 3.09. The molecule has 2 aromatic carbocycles. The van der Waals surface area contributed by atoms with E-state index in [0.29, 0.717) is 10.0 Å². The molecule has 0 fully saturated rings. The van der Waals surface area contributed by atoms with Gasteiger partial charge >= 0.3 is 0 Å². The van der Waals surface area contributed by atoms with Gasteiger partial charge in [0.15, 0.2) is 0 Å². The molecule has 0 saturated heterocycles. The standard InChI is InChI=1S/C15H15Cl2NO/c1-9-3-4-11(8-14(9)19-2)15(18)10-5-6-12(16)13(17)7-10/h3-8,15H,18H2,1-2H3. The molecule has 0 aliphatic carbocycles. The van der Waals surface area contributed by atoms with Crippen LogP contribution in [0, 0.1) is 6.92 Å². The number of ether oxygens (including phenoxy) is 1. The number of aryl methyl sites for hydroxylation is 1. The van der Waals surface area contributed by atoms with E-state index in [9.17, 15) is 0 Å². The number of hydrogen-bond donors (Lipinski definition) is 1. The van der Waals surface area contributed by atoms with Crippen LogP contribution in [0.25, 0.3) is 0 Å². The largest absolute Gasteiger partial charge is 0.496 e. The van der Waals surface area contributed by atoms with E-state index in [-0.39, 0.29) is 6.04 Å². The zero-order valence-corrected chi connectivity index (χ0v) is 12.3. The van der Waals surface area contributed by atoms with Gasteiger partial charge in [-0.3, -0.25) is 0 Å². The molecule has 4 heteroatoms. The van der Waals surface area contributed by atoms with E-state index < -0.39 is 0 Å². The Hall–Kier alpha value is -1.22. The van der Waals surface area contributed by atoms with E-state index in [4.69, 9.17) is 33.7 Å². The first-order chi connectivity index (χ1) is 9.02. The second-order valence-electron chi connectivity index (χ2n) is 4.38. The zero-order valence-electron chi connectivity index (χ0n) is 10.8. The maximum absolute atomic E-state index is 6.25. The van der Waals surface area contributed by atoms with Crippen LogP contribution in [0.4, 0.5) is 0 Å². The van der Waals surface area contributed by atoms with Gasteiger partial charge in [-0.05, 0) is 41.8 Å². The van der Waals surface area contributed by atoms with Crippen molar-refractivity contribution in [1.29, 1.82) is 0 Å². The molecule has 0 radical (unpaired) electrons. The highest BCUT2D eigenvalue weighted by atomic mass is 35.5. The van der Waals surface area contributed by atoms with Gasteiger partial charge in [-0.2, -0.15) is 0 Å². The van der Waals surface area contributed by atoms with E-state index in [1.807, 2.05) is 31.2 Å². The Kier molecular flexibility index (Phi) is 4.35. The van der Waals surface area contributed by atoms with Crippen molar-refractivity contribution < 1.29 is 4.74 Å². The summed E-state index contributed by atoms with van der Waals surface area (Å²) in [5, 5.41) is 1.03. The van der Waals surface area contributed by atoms with Gasteiger partial charge in [-0.1, -0.05) is 41.4 Å². The normalized spacial score (nSPS) is 12.3. The van der Waals surface area contributed by atoms with E-state index in [1.165, 1.54) is 0 Å². The number of rotatable bonds is 3. The maximum atomic E-state index is 6.25. The molecule has 2 N–H and O–H groups in total. The predicted octanol–water partition coefficient (Wildman–Crippen LogP) is 4.36. The number of hydrogen-bond acceptors (Lipinski definition) is 2. The molecule has 0 spiro atoms. The van der Waals surface area contributed by atoms with Crippen molar-refractivity contribution in [3.8, 4) is 5.75 Å². The summed E-state index contributed by atoms with van der Waals surface area (Å²) in [7, 11) is 1.65. The van der Waals surface area contributed by atoms with Crippen LogP contribution in [0.15, 0.2) is 36.4 Å². The molecule has 0 bridgehead atoms. The summed E-state index contributed by atoms with van der Waals surface area (Å²) in [6.45, 7) is 1.99. The monoisotopic (exact) mass is 295 g/mol. The number of nitrogens with two attached hydrogens (primary N) is 1. The third kappa shape index (κ3) is 3.03. The van der Waals surface area contributed by atoms with Gasteiger partial charge in [0.05, 0.1) is 23.2 Å². The molecule has 0 aromatic heterocycles. The second kappa shape index (κ2) is 5.83. The highest BCUT2D eigenvalue weighted by Crippen LogP contribution is 2.29. The van der Waals surface area contributed by atoms with Crippen LogP contribution in [0.1, 0.15) is 22.7 Å². The van der Waals surface area contributed by atoms with Crippen molar-refractivity contribution in [3.05, 3.63) is 63.1 Å². The molecular weight excluding hydrogens is 281 g/mol. The van der Waals surface area contributed by atoms with Crippen molar-refractivity contribution in [2.75, 3.05) is 7.11 Å². The smallest absolute Gasteiger partial charge is 0.122 e. The fraction of sp³-hybridized carbons (Fsp3) is 0.200. The van der Waals surface area contributed by atoms with Gasteiger partial charge in [0, 0.05) is 0 Å². The van der Waals surface area contributed by atoms with Crippen LogP contribution in [0.3, 0.4) is 0 Å². The molecule has 0 aliphatic rings. The van der Waals surface area contributed by atoms with Crippen molar-refractivity contribution in [2.45, 2.75) is 13.0 Å². The van der Waals surface area contributed by atoms with Gasteiger partial charge in [-0.25, -0.2) is 0 Å². The molecule has 100 valence electrons. The van der Waals surface area contributed by atoms with Crippen molar-refractivity contribution in [1.82, 2.24) is 0 Å². The summed E-state index contributed by atoms with van der Waals surface area (Å²) >= 11 is 11.9. The van der Waals surface area contributed by atoms with E-state index in [1.54, 1.807) is 19.2 Å². The minimum atomic E-state index is -0.260. The lowest BCUT2D eigenvalue weighted by molar-refractivity contribution is 0.411. The van der Waals surface area contributed by atoms with Gasteiger partial charge in [0.25, 0.3) is 0 Å². The molecule has 0 aliphatic heterocycles. The fourth-order valence-corrected chi connectivity index (χ4v) is 2.23. The quantitative estimate of drug-likeness (QED) is 0.913. The molecule has 0 heterocycles. The molecule has 2 aromatic rings. The molecule has 1 atom stereocenters. The summed E-state index contributed by atoms with van der Waals surface area (Å²) in [6, 6.07) is 11.1. The van der Waals surface area contributed by atoms with Gasteiger partial charge < -0.3 is 10.5 Å². The Labute approximate surface area is 123 Å². The zero-order chi connectivity index (χ0) is 14.0. The van der Waals surface area contributed by atoms with E-state index in [0.717, 1.165) is 22.4 Å². The minimum absolute atomic E-state index is 0.260. The summed E-state index contributed by atoms with van der Waals surface area (Å²) in [6.07, 6.45) is 0. The second-order valence-corrected chi connectivity index (χ2v) is 5.19. The van der Waals surface area contributed by atoms with Gasteiger partial charge in [0.1, 0.15) is 5.75 Å². The first kappa shape index (κ1) is 14.2. The maximum Gasteiger partial charge on any atom is 0.122 e. The minimum Gasteiger partial charge on any atom is -0.496 e. The molecular formula is C15H15Cl2NO. The molecule has 0 saturated carbocycles. The number of methoxy groups -OCH3 is 1. The van der Waals surface area contributed by atoms with Crippen molar-refractivity contribution >= 4 is 23.2 Å². The van der Waals surface area contributed by atoms with Crippen LogP contribution in [0.5, 0.6) is 5.75 Å². The first-order valence-corrected chi connectivity index (χ1v) is 6.63. The van der Waals surface area contributed by atoms with Crippen LogP contribution < -0.4 is 10.5 Å². The van der Waals surface area contributed by atoms with E-state index in [2.05, 4.69) is 0 Å². The predicted molar refractivity (Wildman–Crippen MR) is 80.2 cm³/mol. The van der Waals surface area contributed by atoms with Crippen molar-refractivity contribution in [3.63, 3.8) is 0 Å². The van der Waals surface area contributed by atoms with Crippen LogP contribution in [-0.2, 0) is 0 Å². The summed E-state index contributed by atoms with van der Waals surface area (Å²) in [5.74, 6) is 0.827. The lowest BCUT2D eigenvalue weighted by Crippen LogP contribution is -2.12. The van der Waals surface area contributed by atoms with Crippen LogP contribution in [0.2, 0.25) is 10.0 Å². The topological polar surface area (TPSA) is 35.2 Å². The lowest BCUT2D eigenvalue weighted by Gasteiger charge is -2.15. The average molecular weight is 296 g/mol. The lowest BCUT2D eigenvalue weighted by atomic mass is 9.98. The Morgan fingerprint density at radius 2 is 1.63 bits per heavy atom. The van der Waals surface area contributed by atoms with Crippen LogP contribution in [-0.4, -0.2) is 7.11 Å².